The minimum absolute atomic E-state index is 0.0479. The highest BCUT2D eigenvalue weighted by atomic mass is 16.5. The average molecular weight is 390 g/mol. The van der Waals surface area contributed by atoms with Crippen molar-refractivity contribution in [3.8, 4) is 0 Å². The largest absolute Gasteiger partial charge is 0.339 e. The maximum absolute atomic E-state index is 13.6. The zero-order chi connectivity index (χ0) is 20.4. The van der Waals surface area contributed by atoms with Crippen molar-refractivity contribution in [3.05, 3.63) is 83.5 Å². The third-order valence-electron chi connectivity index (χ3n) is 4.91. The van der Waals surface area contributed by atoms with Crippen molar-refractivity contribution in [2.75, 3.05) is 0 Å². The van der Waals surface area contributed by atoms with Gasteiger partial charge in [0.15, 0.2) is 11.4 Å². The fourth-order valence-corrected chi connectivity index (χ4v) is 3.58. The predicted octanol–water partition coefficient (Wildman–Crippen LogP) is 3.26. The van der Waals surface area contributed by atoms with Gasteiger partial charge in [0, 0.05) is 6.42 Å². The Morgan fingerprint density at radius 3 is 2.14 bits per heavy atom. The summed E-state index contributed by atoms with van der Waals surface area (Å²) >= 11 is 0. The fraction of sp³-hybridized carbons (Fsp3) is 0.273. The van der Waals surface area contributed by atoms with E-state index in [9.17, 15) is 9.59 Å². The number of benzene rings is 2. The quantitative estimate of drug-likeness (QED) is 0.653. The number of rotatable bonds is 6. The van der Waals surface area contributed by atoms with E-state index in [2.05, 4.69) is 29.3 Å². The standard InChI is InChI=1S/C22H22N4O3/c1-15(2)13-19-23-18(25-29-19)14-26-20(27)22(24-21(26)28,16-9-5-3-6-10-16)17-11-7-4-8-12-17/h3-12,15H,13-14H2,1-2H3,(H,24,28). The summed E-state index contributed by atoms with van der Waals surface area (Å²) in [6, 6.07) is 18.0. The predicted molar refractivity (Wildman–Crippen MR) is 106 cm³/mol. The summed E-state index contributed by atoms with van der Waals surface area (Å²) in [6.45, 7) is 4.05. The van der Waals surface area contributed by atoms with Gasteiger partial charge in [0.2, 0.25) is 5.89 Å². The monoisotopic (exact) mass is 390 g/mol. The smallest absolute Gasteiger partial charge is 0.325 e. The molecule has 29 heavy (non-hydrogen) atoms. The van der Waals surface area contributed by atoms with Crippen molar-refractivity contribution in [1.82, 2.24) is 20.4 Å². The van der Waals surface area contributed by atoms with Gasteiger partial charge in [-0.3, -0.25) is 9.69 Å². The van der Waals surface area contributed by atoms with Gasteiger partial charge in [0.25, 0.3) is 5.91 Å². The third-order valence-corrected chi connectivity index (χ3v) is 4.91. The van der Waals surface area contributed by atoms with E-state index in [4.69, 9.17) is 4.52 Å². The Balaban J connectivity index is 1.70. The number of imide groups is 1. The van der Waals surface area contributed by atoms with Crippen LogP contribution in [0.25, 0.3) is 0 Å². The highest BCUT2D eigenvalue weighted by Gasteiger charge is 2.53. The van der Waals surface area contributed by atoms with Gasteiger partial charge in [0.05, 0.1) is 6.54 Å². The second-order valence-corrected chi connectivity index (χ2v) is 7.51. The summed E-state index contributed by atoms with van der Waals surface area (Å²) in [7, 11) is 0. The molecule has 7 heteroatoms. The van der Waals surface area contributed by atoms with Crippen LogP contribution in [0.1, 0.15) is 36.7 Å². The summed E-state index contributed by atoms with van der Waals surface area (Å²) in [5, 5.41) is 6.85. The molecule has 0 spiro atoms. The summed E-state index contributed by atoms with van der Waals surface area (Å²) < 4.78 is 5.25. The van der Waals surface area contributed by atoms with Gasteiger partial charge in [-0.25, -0.2) is 4.79 Å². The molecule has 1 aliphatic heterocycles. The molecule has 0 unspecified atom stereocenters. The number of carbonyl (C=O) groups excluding carboxylic acids is 2. The molecule has 3 aromatic rings. The molecule has 0 saturated carbocycles. The van der Waals surface area contributed by atoms with Gasteiger partial charge in [-0.1, -0.05) is 79.7 Å². The molecule has 4 rings (SSSR count). The Morgan fingerprint density at radius 2 is 1.59 bits per heavy atom. The van der Waals surface area contributed by atoms with Gasteiger partial charge in [-0.2, -0.15) is 4.98 Å². The highest BCUT2D eigenvalue weighted by molar-refractivity contribution is 6.09. The molecule has 2 aromatic carbocycles. The first-order valence-corrected chi connectivity index (χ1v) is 9.57. The van der Waals surface area contributed by atoms with Crippen LogP contribution < -0.4 is 5.32 Å². The molecule has 0 atom stereocenters. The number of carbonyl (C=O) groups is 2. The maximum atomic E-state index is 13.6. The molecular formula is C22H22N4O3. The van der Waals surface area contributed by atoms with Crippen LogP contribution in [0.4, 0.5) is 4.79 Å². The topological polar surface area (TPSA) is 88.3 Å². The molecule has 1 aromatic heterocycles. The SMILES string of the molecule is CC(C)Cc1nc(CN2C(=O)NC(c3ccccc3)(c3ccccc3)C2=O)no1. The van der Waals surface area contributed by atoms with Crippen molar-refractivity contribution < 1.29 is 14.1 Å². The maximum Gasteiger partial charge on any atom is 0.325 e. The molecule has 148 valence electrons. The molecule has 7 nitrogen and oxygen atoms in total. The number of amides is 3. The first-order valence-electron chi connectivity index (χ1n) is 9.57. The van der Waals surface area contributed by atoms with Crippen LogP contribution >= 0.6 is 0 Å². The number of hydrogen-bond donors (Lipinski definition) is 1. The normalized spacial score (nSPS) is 15.8. The minimum Gasteiger partial charge on any atom is -0.339 e. The summed E-state index contributed by atoms with van der Waals surface area (Å²) in [5.41, 5.74) is 0.103. The molecule has 1 saturated heterocycles. The van der Waals surface area contributed by atoms with E-state index in [1.165, 1.54) is 0 Å². The van der Waals surface area contributed by atoms with Crippen LogP contribution in [-0.4, -0.2) is 27.0 Å². The number of hydrogen-bond acceptors (Lipinski definition) is 5. The lowest BCUT2D eigenvalue weighted by Gasteiger charge is -2.27. The Labute approximate surface area is 168 Å². The van der Waals surface area contributed by atoms with Crippen molar-refractivity contribution in [1.29, 1.82) is 0 Å². The first-order chi connectivity index (χ1) is 14.0. The molecule has 0 bridgehead atoms. The van der Waals surface area contributed by atoms with Crippen LogP contribution in [0, 0.1) is 5.92 Å². The lowest BCUT2D eigenvalue weighted by atomic mass is 9.82. The Morgan fingerprint density at radius 1 is 1.00 bits per heavy atom. The molecule has 2 heterocycles. The van der Waals surface area contributed by atoms with E-state index >= 15 is 0 Å². The van der Waals surface area contributed by atoms with E-state index in [1.54, 1.807) is 0 Å². The van der Waals surface area contributed by atoms with Crippen LogP contribution in [0.5, 0.6) is 0 Å². The molecule has 1 aliphatic rings. The van der Waals surface area contributed by atoms with Gasteiger partial charge in [-0.05, 0) is 17.0 Å². The number of nitrogens with zero attached hydrogens (tertiary/aromatic N) is 3. The molecular weight excluding hydrogens is 368 g/mol. The van der Waals surface area contributed by atoms with Crippen molar-refractivity contribution in [2.24, 2.45) is 5.92 Å². The first kappa shape index (κ1) is 18.9. The van der Waals surface area contributed by atoms with E-state index in [1.807, 2.05) is 60.7 Å². The molecule has 0 aliphatic carbocycles. The van der Waals surface area contributed by atoms with Crippen LogP contribution in [0.2, 0.25) is 0 Å². The van der Waals surface area contributed by atoms with Gasteiger partial charge < -0.3 is 9.84 Å². The fourth-order valence-electron chi connectivity index (χ4n) is 3.58. The summed E-state index contributed by atoms with van der Waals surface area (Å²) in [5.74, 6) is 0.805. The molecule has 1 N–H and O–H groups in total. The van der Waals surface area contributed by atoms with Crippen LogP contribution in [-0.2, 0) is 23.3 Å². The van der Waals surface area contributed by atoms with Crippen molar-refractivity contribution in [2.45, 2.75) is 32.4 Å². The van der Waals surface area contributed by atoms with E-state index in [-0.39, 0.29) is 12.5 Å². The molecule has 0 radical (unpaired) electrons. The Hall–Kier alpha value is -3.48. The van der Waals surface area contributed by atoms with E-state index in [0.717, 1.165) is 4.90 Å². The zero-order valence-corrected chi connectivity index (χ0v) is 16.3. The van der Waals surface area contributed by atoms with E-state index in [0.29, 0.717) is 35.2 Å². The van der Waals surface area contributed by atoms with Crippen LogP contribution in [0.3, 0.4) is 0 Å². The lowest BCUT2D eigenvalue weighted by molar-refractivity contribution is -0.130. The zero-order valence-electron chi connectivity index (χ0n) is 16.3. The lowest BCUT2D eigenvalue weighted by Crippen LogP contribution is -2.45. The Kier molecular flexibility index (Phi) is 4.88. The molecule has 1 fully saturated rings. The second kappa shape index (κ2) is 7.50. The van der Waals surface area contributed by atoms with Crippen LogP contribution in [0.15, 0.2) is 65.2 Å². The minimum atomic E-state index is -1.29. The van der Waals surface area contributed by atoms with Gasteiger partial charge in [0.1, 0.15) is 0 Å². The van der Waals surface area contributed by atoms with Crippen molar-refractivity contribution in [3.63, 3.8) is 0 Å². The van der Waals surface area contributed by atoms with Gasteiger partial charge in [-0.15, -0.1) is 0 Å². The summed E-state index contributed by atoms with van der Waals surface area (Å²) in [4.78, 5) is 31.9. The van der Waals surface area contributed by atoms with Gasteiger partial charge >= 0.3 is 6.03 Å². The summed E-state index contributed by atoms with van der Waals surface area (Å²) in [6.07, 6.45) is 0.644. The third kappa shape index (κ3) is 3.40. The average Bonchev–Trinajstić information content (AvgIpc) is 3.26. The second-order valence-electron chi connectivity index (χ2n) is 7.51. The molecule has 3 amide bonds. The van der Waals surface area contributed by atoms with Crippen molar-refractivity contribution >= 4 is 11.9 Å². The van der Waals surface area contributed by atoms with E-state index < -0.39 is 11.6 Å². The number of nitrogens with one attached hydrogen (secondary N) is 1. The number of aromatic nitrogens is 2. The Bertz CT molecular complexity index is 975. The highest BCUT2D eigenvalue weighted by Crippen LogP contribution is 2.36. The number of urea groups is 1.